The highest BCUT2D eigenvalue weighted by molar-refractivity contribution is 7.80. The topological polar surface area (TPSA) is 46.3 Å². The maximum Gasteiger partial charge on any atom is 0.246 e. The molecule has 0 heterocycles. The fraction of sp³-hybridized carbons (Fsp3) is 0.333. The van der Waals surface area contributed by atoms with E-state index in [1.54, 1.807) is 23.1 Å². The fourth-order valence-corrected chi connectivity index (χ4v) is 1.79. The maximum absolute atomic E-state index is 12.8. The van der Waals surface area contributed by atoms with Crippen molar-refractivity contribution in [3.63, 3.8) is 0 Å². The van der Waals surface area contributed by atoms with Gasteiger partial charge in [0.2, 0.25) is 5.91 Å². The van der Waals surface area contributed by atoms with E-state index >= 15 is 0 Å². The smallest absolute Gasteiger partial charge is 0.246 e. The van der Waals surface area contributed by atoms with Crippen LogP contribution in [-0.4, -0.2) is 28.9 Å². The van der Waals surface area contributed by atoms with Gasteiger partial charge in [0.1, 0.15) is 5.82 Å². The molecule has 0 fully saturated rings. The molecule has 0 spiro atoms. The lowest BCUT2D eigenvalue weighted by Crippen LogP contribution is -2.33. The molecule has 0 atom stereocenters. The van der Waals surface area contributed by atoms with Crippen molar-refractivity contribution in [2.45, 2.75) is 19.8 Å². The van der Waals surface area contributed by atoms with Crippen LogP contribution in [0.4, 0.5) is 4.39 Å². The summed E-state index contributed by atoms with van der Waals surface area (Å²) < 4.78 is 12.8. The van der Waals surface area contributed by atoms with Gasteiger partial charge < -0.3 is 10.6 Å². The Morgan fingerprint density at radius 3 is 2.55 bits per heavy atom. The molecular formula is C15H19FN2OS. The van der Waals surface area contributed by atoms with Crippen LogP contribution in [-0.2, 0) is 4.79 Å². The van der Waals surface area contributed by atoms with Gasteiger partial charge in [-0.2, -0.15) is 0 Å². The minimum Gasteiger partial charge on any atom is -0.393 e. The Morgan fingerprint density at radius 1 is 1.35 bits per heavy atom. The van der Waals surface area contributed by atoms with E-state index < -0.39 is 0 Å². The normalized spacial score (nSPS) is 10.7. The van der Waals surface area contributed by atoms with Crippen LogP contribution in [0.1, 0.15) is 25.3 Å². The summed E-state index contributed by atoms with van der Waals surface area (Å²) in [7, 11) is 0. The maximum atomic E-state index is 12.8. The molecule has 1 aromatic rings. The summed E-state index contributed by atoms with van der Waals surface area (Å²) in [6, 6.07) is 5.97. The number of benzene rings is 1. The molecule has 0 bridgehead atoms. The van der Waals surface area contributed by atoms with Crippen LogP contribution >= 0.6 is 12.2 Å². The Labute approximate surface area is 124 Å². The predicted molar refractivity (Wildman–Crippen MR) is 83.7 cm³/mol. The predicted octanol–water partition coefficient (Wildman–Crippen LogP) is 2.75. The molecule has 1 amide bonds. The molecule has 2 N–H and O–H groups in total. The quantitative estimate of drug-likeness (QED) is 0.621. The van der Waals surface area contributed by atoms with E-state index in [-0.39, 0.29) is 11.7 Å². The Morgan fingerprint density at radius 2 is 2.00 bits per heavy atom. The van der Waals surface area contributed by atoms with Gasteiger partial charge in [-0.15, -0.1) is 0 Å². The van der Waals surface area contributed by atoms with Crippen LogP contribution in [0.25, 0.3) is 6.08 Å². The van der Waals surface area contributed by atoms with Crippen LogP contribution in [0, 0.1) is 5.82 Å². The largest absolute Gasteiger partial charge is 0.393 e. The number of hydrogen-bond donors (Lipinski definition) is 1. The molecule has 0 unspecified atom stereocenters. The number of rotatable bonds is 7. The first-order valence-corrected chi connectivity index (χ1v) is 6.94. The summed E-state index contributed by atoms with van der Waals surface area (Å²) in [6.07, 6.45) is 4.55. The second kappa shape index (κ2) is 8.43. The summed E-state index contributed by atoms with van der Waals surface area (Å²) in [6.45, 7) is 3.19. The van der Waals surface area contributed by atoms with Gasteiger partial charge in [-0.25, -0.2) is 4.39 Å². The summed E-state index contributed by atoms with van der Waals surface area (Å²) in [5.74, 6) is -0.384. The van der Waals surface area contributed by atoms with Crippen molar-refractivity contribution >= 4 is 29.2 Å². The first kappa shape index (κ1) is 16.3. The lowest BCUT2D eigenvalue weighted by molar-refractivity contribution is -0.125. The van der Waals surface area contributed by atoms with Crippen molar-refractivity contribution in [1.29, 1.82) is 0 Å². The summed E-state index contributed by atoms with van der Waals surface area (Å²) in [5, 5.41) is 0. The second-order valence-corrected chi connectivity index (χ2v) is 4.95. The third kappa shape index (κ3) is 5.93. The Balaban J connectivity index is 2.64. The summed E-state index contributed by atoms with van der Waals surface area (Å²) in [4.78, 5) is 14.2. The monoisotopic (exact) mass is 294 g/mol. The average molecular weight is 294 g/mol. The molecule has 0 aliphatic heterocycles. The molecule has 20 heavy (non-hydrogen) atoms. The van der Waals surface area contributed by atoms with Crippen molar-refractivity contribution in [2.75, 3.05) is 13.1 Å². The minimum absolute atomic E-state index is 0.0903. The van der Waals surface area contributed by atoms with E-state index in [1.165, 1.54) is 18.2 Å². The SMILES string of the molecule is CCCN(CCC(N)=S)C(=O)/C=C/c1ccc(F)cc1. The van der Waals surface area contributed by atoms with E-state index in [9.17, 15) is 9.18 Å². The first-order valence-electron chi connectivity index (χ1n) is 6.53. The lowest BCUT2D eigenvalue weighted by atomic mass is 10.2. The molecular weight excluding hydrogens is 275 g/mol. The molecule has 1 aromatic carbocycles. The van der Waals surface area contributed by atoms with Crippen LogP contribution in [0.5, 0.6) is 0 Å². The van der Waals surface area contributed by atoms with E-state index in [4.69, 9.17) is 18.0 Å². The lowest BCUT2D eigenvalue weighted by Gasteiger charge is -2.20. The molecule has 0 radical (unpaired) electrons. The number of amides is 1. The highest BCUT2D eigenvalue weighted by atomic mass is 32.1. The molecule has 0 saturated heterocycles. The number of halogens is 1. The fourth-order valence-electron chi connectivity index (χ4n) is 1.69. The van der Waals surface area contributed by atoms with Crippen molar-refractivity contribution in [3.05, 3.63) is 41.7 Å². The van der Waals surface area contributed by atoms with Gasteiger partial charge in [-0.1, -0.05) is 31.3 Å². The van der Waals surface area contributed by atoms with Gasteiger partial charge in [0.05, 0.1) is 4.99 Å². The number of thiocarbonyl (C=S) groups is 1. The Hall–Kier alpha value is -1.75. The van der Waals surface area contributed by atoms with Gasteiger partial charge in [0.15, 0.2) is 0 Å². The van der Waals surface area contributed by atoms with E-state index in [2.05, 4.69) is 0 Å². The first-order chi connectivity index (χ1) is 9.52. The van der Waals surface area contributed by atoms with Crippen LogP contribution < -0.4 is 5.73 Å². The van der Waals surface area contributed by atoms with Gasteiger partial charge in [-0.3, -0.25) is 4.79 Å². The Kier molecular flexibility index (Phi) is 6.87. The molecule has 0 saturated carbocycles. The molecule has 108 valence electrons. The van der Waals surface area contributed by atoms with Crippen molar-refractivity contribution < 1.29 is 9.18 Å². The number of nitrogens with two attached hydrogens (primary N) is 1. The second-order valence-electron chi connectivity index (χ2n) is 4.43. The number of carbonyl (C=O) groups is 1. The standard InChI is InChI=1S/C15H19FN2OS/c1-2-10-18(11-9-14(17)20)15(19)8-5-12-3-6-13(16)7-4-12/h3-8H,2,9-11H2,1H3,(H2,17,20)/b8-5+. The zero-order valence-corrected chi connectivity index (χ0v) is 12.3. The summed E-state index contributed by atoms with van der Waals surface area (Å²) >= 11 is 4.82. The molecule has 1 rings (SSSR count). The molecule has 5 heteroatoms. The van der Waals surface area contributed by atoms with Crippen LogP contribution in [0.2, 0.25) is 0 Å². The van der Waals surface area contributed by atoms with Crippen molar-refractivity contribution in [1.82, 2.24) is 4.90 Å². The van der Waals surface area contributed by atoms with Gasteiger partial charge in [-0.05, 0) is 30.2 Å². The van der Waals surface area contributed by atoms with E-state index in [0.717, 1.165) is 12.0 Å². The highest BCUT2D eigenvalue weighted by Gasteiger charge is 2.09. The van der Waals surface area contributed by atoms with Crippen LogP contribution in [0.15, 0.2) is 30.3 Å². The number of nitrogens with zero attached hydrogens (tertiary/aromatic N) is 1. The average Bonchev–Trinajstić information content (AvgIpc) is 2.42. The van der Waals surface area contributed by atoms with E-state index in [1.807, 2.05) is 6.92 Å². The highest BCUT2D eigenvalue weighted by Crippen LogP contribution is 2.06. The van der Waals surface area contributed by atoms with Gasteiger partial charge >= 0.3 is 0 Å². The van der Waals surface area contributed by atoms with Gasteiger partial charge in [0.25, 0.3) is 0 Å². The van der Waals surface area contributed by atoms with E-state index in [0.29, 0.717) is 24.5 Å². The van der Waals surface area contributed by atoms with Crippen LogP contribution in [0.3, 0.4) is 0 Å². The zero-order valence-electron chi connectivity index (χ0n) is 11.5. The third-order valence-electron chi connectivity index (χ3n) is 2.72. The molecule has 0 aliphatic carbocycles. The number of hydrogen-bond acceptors (Lipinski definition) is 2. The van der Waals surface area contributed by atoms with Crippen molar-refractivity contribution in [3.8, 4) is 0 Å². The molecule has 3 nitrogen and oxygen atoms in total. The zero-order chi connectivity index (χ0) is 15.0. The van der Waals surface area contributed by atoms with Gasteiger partial charge in [0, 0.05) is 25.6 Å². The Bertz CT molecular complexity index is 485. The number of carbonyl (C=O) groups excluding carboxylic acids is 1. The minimum atomic E-state index is -0.294. The molecule has 0 aliphatic rings. The summed E-state index contributed by atoms with van der Waals surface area (Å²) in [5.41, 5.74) is 6.24. The van der Waals surface area contributed by atoms with Crippen molar-refractivity contribution in [2.24, 2.45) is 5.73 Å². The molecule has 0 aromatic heterocycles. The third-order valence-corrected chi connectivity index (χ3v) is 2.93.